The molecule has 2 aliphatic rings. The molecule has 0 radical (unpaired) electrons. The van der Waals surface area contributed by atoms with E-state index in [9.17, 15) is 9.59 Å². The fourth-order valence-electron chi connectivity index (χ4n) is 3.77. The number of ether oxygens (including phenoxy) is 1. The highest BCUT2D eigenvalue weighted by molar-refractivity contribution is 7.10. The van der Waals surface area contributed by atoms with Crippen molar-refractivity contribution in [1.82, 2.24) is 10.2 Å². The Morgan fingerprint density at radius 1 is 1.36 bits per heavy atom. The molecule has 148 valence electrons. The van der Waals surface area contributed by atoms with E-state index < -0.39 is 0 Å². The number of nitrogens with zero attached hydrogens (tertiary/aromatic N) is 1. The Balaban J connectivity index is 1.44. The summed E-state index contributed by atoms with van der Waals surface area (Å²) in [6.07, 6.45) is 1.26. The van der Waals surface area contributed by atoms with Crippen LogP contribution in [-0.4, -0.2) is 49.1 Å². The molecule has 1 saturated heterocycles. The Hall–Kier alpha value is -2.22. The first-order chi connectivity index (χ1) is 13.6. The third-order valence-corrected chi connectivity index (χ3v) is 6.39. The minimum Gasteiger partial charge on any atom is -0.378 e. The summed E-state index contributed by atoms with van der Waals surface area (Å²) in [6.45, 7) is 5.28. The number of carbonyl (C=O) groups is 2. The van der Waals surface area contributed by atoms with Gasteiger partial charge in [0.2, 0.25) is 5.91 Å². The Labute approximate surface area is 168 Å². The van der Waals surface area contributed by atoms with Crippen molar-refractivity contribution in [2.75, 3.05) is 31.6 Å². The maximum absolute atomic E-state index is 13.1. The number of hydrogen-bond acceptors (Lipinski definition) is 5. The first-order valence-corrected chi connectivity index (χ1v) is 10.5. The molecule has 1 aromatic carbocycles. The fraction of sp³-hybridized carbons (Fsp3) is 0.429. The molecule has 2 amide bonds. The summed E-state index contributed by atoms with van der Waals surface area (Å²) in [6, 6.07) is 7.66. The maximum atomic E-state index is 13.1. The number of rotatable bonds is 4. The molecule has 28 heavy (non-hydrogen) atoms. The van der Waals surface area contributed by atoms with Gasteiger partial charge in [-0.2, -0.15) is 0 Å². The number of nitrogens with one attached hydrogen (secondary N) is 2. The smallest absolute Gasteiger partial charge is 0.254 e. The number of anilines is 1. The van der Waals surface area contributed by atoms with Crippen LogP contribution < -0.4 is 10.6 Å². The molecule has 1 unspecified atom stereocenters. The van der Waals surface area contributed by atoms with Crippen molar-refractivity contribution in [2.24, 2.45) is 0 Å². The van der Waals surface area contributed by atoms with Crippen molar-refractivity contribution in [3.8, 4) is 0 Å². The average molecular weight is 400 g/mol. The lowest BCUT2D eigenvalue weighted by Crippen LogP contribution is -2.43. The maximum Gasteiger partial charge on any atom is 0.254 e. The largest absolute Gasteiger partial charge is 0.378 e. The van der Waals surface area contributed by atoms with E-state index in [1.54, 1.807) is 11.3 Å². The van der Waals surface area contributed by atoms with Gasteiger partial charge in [0.1, 0.15) is 0 Å². The van der Waals surface area contributed by atoms with E-state index in [1.807, 2.05) is 30.0 Å². The monoisotopic (exact) mass is 399 g/mol. The zero-order valence-corrected chi connectivity index (χ0v) is 16.8. The van der Waals surface area contributed by atoms with Gasteiger partial charge in [0, 0.05) is 48.2 Å². The molecule has 0 spiro atoms. The molecule has 1 fully saturated rings. The van der Waals surface area contributed by atoms with E-state index in [4.69, 9.17) is 4.74 Å². The normalized spacial score (nSPS) is 19.2. The van der Waals surface area contributed by atoms with Crippen LogP contribution in [0.3, 0.4) is 0 Å². The first kappa shape index (κ1) is 19.1. The van der Waals surface area contributed by atoms with Gasteiger partial charge in [0.15, 0.2) is 0 Å². The molecule has 0 bridgehead atoms. The van der Waals surface area contributed by atoms with Gasteiger partial charge >= 0.3 is 0 Å². The lowest BCUT2D eigenvalue weighted by atomic mass is 10.0. The third-order valence-electron chi connectivity index (χ3n) is 5.36. The highest BCUT2D eigenvalue weighted by atomic mass is 32.1. The summed E-state index contributed by atoms with van der Waals surface area (Å²) in [4.78, 5) is 28.8. The zero-order valence-electron chi connectivity index (χ0n) is 16.0. The van der Waals surface area contributed by atoms with Crippen LogP contribution in [0, 0.1) is 6.92 Å². The molecule has 3 heterocycles. The number of hydrogen-bond donors (Lipinski definition) is 2. The van der Waals surface area contributed by atoms with E-state index in [0.29, 0.717) is 37.4 Å². The quantitative estimate of drug-likeness (QED) is 0.829. The average Bonchev–Trinajstić information content (AvgIpc) is 3.17. The van der Waals surface area contributed by atoms with Gasteiger partial charge in [-0.15, -0.1) is 11.3 Å². The third kappa shape index (κ3) is 4.11. The molecular formula is C21H25N3O3S. The zero-order chi connectivity index (χ0) is 19.5. The summed E-state index contributed by atoms with van der Waals surface area (Å²) in [7, 11) is 0. The van der Waals surface area contributed by atoms with E-state index in [1.165, 1.54) is 10.4 Å². The van der Waals surface area contributed by atoms with Crippen LogP contribution in [-0.2, 0) is 22.5 Å². The van der Waals surface area contributed by atoms with Gasteiger partial charge in [-0.05, 0) is 48.1 Å². The van der Waals surface area contributed by atoms with Gasteiger partial charge < -0.3 is 20.3 Å². The van der Waals surface area contributed by atoms with E-state index in [2.05, 4.69) is 22.1 Å². The van der Waals surface area contributed by atoms with Crippen molar-refractivity contribution in [3.05, 3.63) is 51.2 Å². The first-order valence-electron chi connectivity index (χ1n) is 9.67. The van der Waals surface area contributed by atoms with Crippen molar-refractivity contribution in [3.63, 3.8) is 0 Å². The van der Waals surface area contributed by atoms with E-state index >= 15 is 0 Å². The van der Waals surface area contributed by atoms with Crippen molar-refractivity contribution >= 4 is 28.8 Å². The van der Waals surface area contributed by atoms with Gasteiger partial charge in [-0.25, -0.2) is 0 Å². The molecule has 2 N–H and O–H groups in total. The lowest BCUT2D eigenvalue weighted by molar-refractivity contribution is -0.117. The molecule has 0 saturated carbocycles. The Bertz CT molecular complexity index is 874. The highest BCUT2D eigenvalue weighted by Crippen LogP contribution is 2.27. The summed E-state index contributed by atoms with van der Waals surface area (Å²) in [5, 5.41) is 8.34. The molecule has 2 aliphatic heterocycles. The number of benzene rings is 1. The fourth-order valence-corrected chi connectivity index (χ4v) is 4.66. The molecule has 7 heteroatoms. The number of fused-ring (bicyclic) bond motifs is 1. The molecule has 6 nitrogen and oxygen atoms in total. The highest BCUT2D eigenvalue weighted by Gasteiger charge is 2.24. The van der Waals surface area contributed by atoms with Crippen LogP contribution >= 0.6 is 11.3 Å². The van der Waals surface area contributed by atoms with Crippen LogP contribution in [0.25, 0.3) is 0 Å². The number of thiophene rings is 1. The van der Waals surface area contributed by atoms with E-state index in [0.717, 1.165) is 25.1 Å². The lowest BCUT2D eigenvalue weighted by Gasteiger charge is -2.28. The van der Waals surface area contributed by atoms with Gasteiger partial charge in [0.05, 0.1) is 13.2 Å². The topological polar surface area (TPSA) is 70.7 Å². The van der Waals surface area contributed by atoms with Crippen LogP contribution in [0.4, 0.5) is 5.69 Å². The summed E-state index contributed by atoms with van der Waals surface area (Å²) >= 11 is 1.76. The second-order valence-corrected chi connectivity index (χ2v) is 8.30. The Morgan fingerprint density at radius 2 is 2.25 bits per heavy atom. The predicted octanol–water partition coefficient (Wildman–Crippen LogP) is 2.57. The van der Waals surface area contributed by atoms with Crippen molar-refractivity contribution in [2.45, 2.75) is 32.4 Å². The number of carbonyl (C=O) groups excluding carboxylic acids is 2. The number of amides is 2. The van der Waals surface area contributed by atoms with Gasteiger partial charge in [-0.1, -0.05) is 6.07 Å². The van der Waals surface area contributed by atoms with E-state index in [-0.39, 0.29) is 17.9 Å². The Kier molecular flexibility index (Phi) is 5.75. The second-order valence-electron chi connectivity index (χ2n) is 7.30. The van der Waals surface area contributed by atoms with Crippen LogP contribution in [0.2, 0.25) is 0 Å². The molecular weight excluding hydrogens is 374 g/mol. The van der Waals surface area contributed by atoms with Crippen LogP contribution in [0.5, 0.6) is 0 Å². The SMILES string of the molecule is Cc1c(NC(=O)CC2COCCN2)cccc1C(=O)N1CCc2sccc2C1. The molecule has 2 aromatic rings. The number of morpholine rings is 1. The van der Waals surface area contributed by atoms with Gasteiger partial charge in [0.25, 0.3) is 5.91 Å². The van der Waals surface area contributed by atoms with Crippen LogP contribution in [0.15, 0.2) is 29.6 Å². The summed E-state index contributed by atoms with van der Waals surface area (Å²) in [5.41, 5.74) is 3.40. The minimum absolute atomic E-state index is 0.0211. The van der Waals surface area contributed by atoms with Gasteiger partial charge in [-0.3, -0.25) is 9.59 Å². The van der Waals surface area contributed by atoms with Crippen molar-refractivity contribution in [1.29, 1.82) is 0 Å². The standard InChI is InChI=1S/C21H25N3O3S/c1-14-17(21(26)24-8-5-19-15(12-24)6-10-28-19)3-2-4-18(14)23-20(25)11-16-13-27-9-7-22-16/h2-4,6,10,16,22H,5,7-9,11-13H2,1H3,(H,23,25). The molecule has 4 rings (SSSR count). The van der Waals surface area contributed by atoms with Crippen molar-refractivity contribution < 1.29 is 14.3 Å². The van der Waals surface area contributed by atoms with Crippen LogP contribution in [0.1, 0.15) is 32.8 Å². The Morgan fingerprint density at radius 3 is 3.07 bits per heavy atom. The predicted molar refractivity (Wildman–Crippen MR) is 110 cm³/mol. The molecule has 1 atom stereocenters. The molecule has 1 aromatic heterocycles. The summed E-state index contributed by atoms with van der Waals surface area (Å²) in [5.74, 6) is -0.0515. The molecule has 0 aliphatic carbocycles. The summed E-state index contributed by atoms with van der Waals surface area (Å²) < 4.78 is 5.40. The second kappa shape index (κ2) is 8.43. The minimum atomic E-state index is -0.0726.